The van der Waals surface area contributed by atoms with Crippen molar-refractivity contribution in [2.75, 3.05) is 26.2 Å². The summed E-state index contributed by atoms with van der Waals surface area (Å²) in [5.41, 5.74) is 5.28. The van der Waals surface area contributed by atoms with Gasteiger partial charge >= 0.3 is 0 Å². The summed E-state index contributed by atoms with van der Waals surface area (Å²) in [5, 5.41) is 0. The highest BCUT2D eigenvalue weighted by Gasteiger charge is 2.10. The van der Waals surface area contributed by atoms with Crippen molar-refractivity contribution >= 4 is 0 Å². The quantitative estimate of drug-likeness (QED) is 0.546. The van der Waals surface area contributed by atoms with Gasteiger partial charge in [0.05, 0.1) is 6.54 Å². The lowest BCUT2D eigenvalue weighted by atomic mass is 10.2. The molecule has 1 fully saturated rings. The van der Waals surface area contributed by atoms with E-state index in [2.05, 4.69) is 16.7 Å². The molecule has 2 heteroatoms. The van der Waals surface area contributed by atoms with E-state index in [9.17, 15) is 0 Å². The molecule has 1 saturated heterocycles. The van der Waals surface area contributed by atoms with Crippen molar-refractivity contribution < 1.29 is 0 Å². The molecule has 1 aliphatic rings. The van der Waals surface area contributed by atoms with Gasteiger partial charge in [-0.1, -0.05) is 5.92 Å². The first-order valence-corrected chi connectivity index (χ1v) is 3.81. The van der Waals surface area contributed by atoms with Crippen LogP contribution in [0.25, 0.3) is 0 Å². The third kappa shape index (κ3) is 2.38. The molecule has 0 saturated carbocycles. The zero-order valence-electron chi connectivity index (χ0n) is 6.27. The van der Waals surface area contributed by atoms with Gasteiger partial charge in [0.2, 0.25) is 0 Å². The standard InChI is InChI=1S/C8H14N2/c9-5-2-1-3-6-10-7-4-8-10/h2,4-9H2. The molecule has 0 aromatic heterocycles. The average Bonchev–Trinajstić information content (AvgIpc) is 1.84. The van der Waals surface area contributed by atoms with E-state index in [1.165, 1.54) is 19.5 Å². The Morgan fingerprint density at radius 2 is 2.10 bits per heavy atom. The van der Waals surface area contributed by atoms with E-state index in [4.69, 9.17) is 5.73 Å². The van der Waals surface area contributed by atoms with Gasteiger partial charge in [-0.2, -0.15) is 0 Å². The SMILES string of the molecule is NCCC#CCN1CCC1. The zero-order valence-corrected chi connectivity index (χ0v) is 6.27. The maximum absolute atomic E-state index is 5.28. The Hall–Kier alpha value is -0.520. The molecular formula is C8H14N2. The molecule has 0 aromatic carbocycles. The Morgan fingerprint density at radius 3 is 2.60 bits per heavy atom. The van der Waals surface area contributed by atoms with Crippen molar-refractivity contribution in [3.05, 3.63) is 0 Å². The Labute approximate surface area is 62.4 Å². The third-order valence-corrected chi connectivity index (χ3v) is 1.65. The lowest BCUT2D eigenvalue weighted by Crippen LogP contribution is -2.37. The first-order valence-electron chi connectivity index (χ1n) is 3.81. The molecule has 10 heavy (non-hydrogen) atoms. The van der Waals surface area contributed by atoms with Crippen LogP contribution in [0, 0.1) is 11.8 Å². The van der Waals surface area contributed by atoms with Crippen molar-refractivity contribution in [1.29, 1.82) is 0 Å². The van der Waals surface area contributed by atoms with Crippen LogP contribution in [0.4, 0.5) is 0 Å². The molecule has 0 bridgehead atoms. The maximum Gasteiger partial charge on any atom is 0.0601 e. The Balaban J connectivity index is 1.98. The van der Waals surface area contributed by atoms with Crippen LogP contribution in [-0.4, -0.2) is 31.1 Å². The summed E-state index contributed by atoms with van der Waals surface area (Å²) >= 11 is 0. The van der Waals surface area contributed by atoms with Crippen molar-refractivity contribution in [3.63, 3.8) is 0 Å². The monoisotopic (exact) mass is 138 g/mol. The average molecular weight is 138 g/mol. The highest BCUT2D eigenvalue weighted by Crippen LogP contribution is 2.02. The molecule has 2 N–H and O–H groups in total. The summed E-state index contributed by atoms with van der Waals surface area (Å²) < 4.78 is 0. The second-order valence-electron chi connectivity index (χ2n) is 2.52. The molecule has 0 radical (unpaired) electrons. The van der Waals surface area contributed by atoms with Gasteiger partial charge in [-0.3, -0.25) is 4.90 Å². The normalized spacial score (nSPS) is 17.3. The minimum absolute atomic E-state index is 0.688. The van der Waals surface area contributed by atoms with E-state index in [-0.39, 0.29) is 0 Å². The fourth-order valence-electron chi connectivity index (χ4n) is 0.868. The van der Waals surface area contributed by atoms with Crippen LogP contribution in [0.5, 0.6) is 0 Å². The summed E-state index contributed by atoms with van der Waals surface area (Å²) in [6.45, 7) is 4.10. The Bertz CT molecular complexity index is 139. The Morgan fingerprint density at radius 1 is 1.30 bits per heavy atom. The predicted octanol–water partition coefficient (Wildman–Crippen LogP) is 0.0443. The number of nitrogens with two attached hydrogens (primary N) is 1. The fraction of sp³-hybridized carbons (Fsp3) is 0.750. The van der Waals surface area contributed by atoms with Gasteiger partial charge in [0.15, 0.2) is 0 Å². The van der Waals surface area contributed by atoms with Gasteiger partial charge in [-0.25, -0.2) is 0 Å². The van der Waals surface area contributed by atoms with E-state index in [0.29, 0.717) is 6.54 Å². The molecule has 1 aliphatic heterocycles. The van der Waals surface area contributed by atoms with Gasteiger partial charge < -0.3 is 5.73 Å². The van der Waals surface area contributed by atoms with E-state index >= 15 is 0 Å². The molecule has 1 heterocycles. The van der Waals surface area contributed by atoms with Gasteiger partial charge in [-0.15, -0.1) is 5.92 Å². The number of hydrogen-bond donors (Lipinski definition) is 1. The van der Waals surface area contributed by atoms with E-state index in [1.807, 2.05) is 0 Å². The van der Waals surface area contributed by atoms with Gasteiger partial charge in [0, 0.05) is 26.1 Å². The molecule has 0 amide bonds. The third-order valence-electron chi connectivity index (χ3n) is 1.65. The highest BCUT2D eigenvalue weighted by atomic mass is 15.2. The van der Waals surface area contributed by atoms with Crippen LogP contribution in [0.2, 0.25) is 0 Å². The zero-order chi connectivity index (χ0) is 7.23. The van der Waals surface area contributed by atoms with Crippen molar-refractivity contribution in [2.45, 2.75) is 12.8 Å². The molecule has 0 unspecified atom stereocenters. The van der Waals surface area contributed by atoms with E-state index in [0.717, 1.165) is 13.0 Å². The van der Waals surface area contributed by atoms with Crippen molar-refractivity contribution in [2.24, 2.45) is 5.73 Å². The first kappa shape index (κ1) is 7.59. The summed E-state index contributed by atoms with van der Waals surface area (Å²) in [6, 6.07) is 0. The van der Waals surface area contributed by atoms with Crippen molar-refractivity contribution in [3.8, 4) is 11.8 Å². The highest BCUT2D eigenvalue weighted by molar-refractivity contribution is 5.02. The van der Waals surface area contributed by atoms with Gasteiger partial charge in [0.1, 0.15) is 0 Å². The van der Waals surface area contributed by atoms with E-state index in [1.54, 1.807) is 0 Å². The maximum atomic E-state index is 5.28. The Kier molecular flexibility index (Phi) is 3.28. The molecule has 0 aliphatic carbocycles. The predicted molar refractivity (Wildman–Crippen MR) is 42.5 cm³/mol. The van der Waals surface area contributed by atoms with Crippen LogP contribution >= 0.6 is 0 Å². The van der Waals surface area contributed by atoms with Gasteiger partial charge in [-0.05, 0) is 6.42 Å². The fourth-order valence-corrected chi connectivity index (χ4v) is 0.868. The molecule has 0 spiro atoms. The molecule has 0 atom stereocenters. The first-order chi connectivity index (χ1) is 4.93. The number of nitrogens with zero attached hydrogens (tertiary/aromatic N) is 1. The molecule has 2 nitrogen and oxygen atoms in total. The second kappa shape index (κ2) is 4.32. The van der Waals surface area contributed by atoms with Crippen LogP contribution in [0.1, 0.15) is 12.8 Å². The van der Waals surface area contributed by atoms with Crippen LogP contribution in [-0.2, 0) is 0 Å². The summed E-state index contributed by atoms with van der Waals surface area (Å²) in [6.07, 6.45) is 2.19. The lowest BCUT2D eigenvalue weighted by molar-refractivity contribution is 0.207. The smallest absolute Gasteiger partial charge is 0.0601 e. The topological polar surface area (TPSA) is 29.3 Å². The largest absolute Gasteiger partial charge is 0.330 e. The van der Waals surface area contributed by atoms with Crippen LogP contribution < -0.4 is 5.73 Å². The number of rotatable bonds is 2. The summed E-state index contributed by atoms with van der Waals surface area (Å²) in [7, 11) is 0. The van der Waals surface area contributed by atoms with Crippen LogP contribution in [0.15, 0.2) is 0 Å². The second-order valence-corrected chi connectivity index (χ2v) is 2.52. The summed E-state index contributed by atoms with van der Waals surface area (Å²) in [4.78, 5) is 2.34. The number of hydrogen-bond acceptors (Lipinski definition) is 2. The molecule has 1 rings (SSSR count). The van der Waals surface area contributed by atoms with Crippen molar-refractivity contribution in [1.82, 2.24) is 4.90 Å². The number of likely N-dealkylation sites (tertiary alicyclic amines) is 1. The van der Waals surface area contributed by atoms with Crippen LogP contribution in [0.3, 0.4) is 0 Å². The minimum Gasteiger partial charge on any atom is -0.330 e. The lowest BCUT2D eigenvalue weighted by Gasteiger charge is -2.28. The minimum atomic E-state index is 0.688. The molecule has 0 aromatic rings. The molecule has 56 valence electrons. The van der Waals surface area contributed by atoms with E-state index < -0.39 is 0 Å². The molecular weight excluding hydrogens is 124 g/mol. The summed E-state index contributed by atoms with van der Waals surface area (Å²) in [5.74, 6) is 6.10. The van der Waals surface area contributed by atoms with Gasteiger partial charge in [0.25, 0.3) is 0 Å².